The third kappa shape index (κ3) is 7.31. The highest BCUT2D eigenvalue weighted by Gasteiger charge is 2.20. The van der Waals surface area contributed by atoms with Gasteiger partial charge in [-0.1, -0.05) is 20.3 Å². The van der Waals surface area contributed by atoms with Gasteiger partial charge in [0.05, 0.1) is 11.9 Å². The van der Waals surface area contributed by atoms with Gasteiger partial charge in [-0.15, -0.1) is 0 Å². The quantitative estimate of drug-likeness (QED) is 0.439. The van der Waals surface area contributed by atoms with Crippen molar-refractivity contribution in [1.82, 2.24) is 5.43 Å². The van der Waals surface area contributed by atoms with Crippen molar-refractivity contribution < 1.29 is 13.2 Å². The van der Waals surface area contributed by atoms with E-state index in [-0.39, 0.29) is 23.7 Å². The van der Waals surface area contributed by atoms with Crippen LogP contribution in [0.1, 0.15) is 46.5 Å². The molecule has 3 N–H and O–H groups in total. The molecule has 0 aliphatic heterocycles. The molecule has 18 heavy (non-hydrogen) atoms. The molecular formula is C12H28N2O3S. The van der Waals surface area contributed by atoms with Crippen molar-refractivity contribution in [3.05, 3.63) is 0 Å². The largest absolute Gasteiger partial charge is 0.377 e. The molecule has 110 valence electrons. The summed E-state index contributed by atoms with van der Waals surface area (Å²) in [4.78, 5) is 0. The first-order valence-corrected chi connectivity index (χ1v) is 8.60. The van der Waals surface area contributed by atoms with Gasteiger partial charge in [0, 0.05) is 18.4 Å². The highest BCUT2D eigenvalue weighted by molar-refractivity contribution is 7.91. The number of hydrogen-bond acceptors (Lipinski definition) is 5. The Morgan fingerprint density at radius 2 is 1.89 bits per heavy atom. The smallest absolute Gasteiger partial charge is 0.150 e. The van der Waals surface area contributed by atoms with E-state index in [0.29, 0.717) is 13.0 Å². The van der Waals surface area contributed by atoms with Gasteiger partial charge in [-0.2, -0.15) is 0 Å². The summed E-state index contributed by atoms with van der Waals surface area (Å²) in [6.45, 7) is 6.38. The molecular weight excluding hydrogens is 252 g/mol. The highest BCUT2D eigenvalue weighted by Crippen LogP contribution is 2.12. The van der Waals surface area contributed by atoms with Gasteiger partial charge in [-0.05, 0) is 26.2 Å². The monoisotopic (exact) mass is 280 g/mol. The van der Waals surface area contributed by atoms with Gasteiger partial charge < -0.3 is 4.74 Å². The summed E-state index contributed by atoms with van der Waals surface area (Å²) in [5, 5.41) is 0. The van der Waals surface area contributed by atoms with Gasteiger partial charge in [0.2, 0.25) is 0 Å². The Hall–Kier alpha value is -0.170. The minimum atomic E-state index is -2.88. The van der Waals surface area contributed by atoms with Crippen molar-refractivity contribution in [3.63, 3.8) is 0 Å². The van der Waals surface area contributed by atoms with E-state index in [2.05, 4.69) is 12.3 Å². The predicted octanol–water partition coefficient (Wildman–Crippen LogP) is 1.24. The Bertz CT molecular complexity index is 288. The zero-order chi connectivity index (χ0) is 14.0. The summed E-state index contributed by atoms with van der Waals surface area (Å²) in [5.74, 6) is 5.97. The van der Waals surface area contributed by atoms with Gasteiger partial charge in [0.1, 0.15) is 9.84 Å². The fraction of sp³-hybridized carbons (Fsp3) is 1.00. The number of ether oxygens (including phenoxy) is 1. The van der Waals surface area contributed by atoms with Crippen LogP contribution in [0, 0.1) is 0 Å². The van der Waals surface area contributed by atoms with Gasteiger partial charge in [-0.25, -0.2) is 8.42 Å². The van der Waals surface area contributed by atoms with E-state index < -0.39 is 9.84 Å². The van der Waals surface area contributed by atoms with Crippen LogP contribution < -0.4 is 11.3 Å². The Labute approximate surface area is 111 Å². The highest BCUT2D eigenvalue weighted by atomic mass is 32.2. The average molecular weight is 280 g/mol. The summed E-state index contributed by atoms with van der Waals surface area (Å²) >= 11 is 0. The van der Waals surface area contributed by atoms with Crippen molar-refractivity contribution in [2.75, 3.05) is 18.1 Å². The number of sulfone groups is 1. The number of hydrazine groups is 1. The maximum atomic E-state index is 11.4. The van der Waals surface area contributed by atoms with Crippen LogP contribution in [-0.4, -0.2) is 38.7 Å². The normalized spacial score (nSPS) is 15.6. The Morgan fingerprint density at radius 1 is 1.22 bits per heavy atom. The van der Waals surface area contributed by atoms with Crippen LogP contribution in [0.2, 0.25) is 0 Å². The van der Waals surface area contributed by atoms with Crippen LogP contribution in [-0.2, 0) is 14.6 Å². The molecule has 0 aromatic heterocycles. The minimum absolute atomic E-state index is 0.0250. The van der Waals surface area contributed by atoms with Crippen molar-refractivity contribution in [1.29, 1.82) is 0 Å². The van der Waals surface area contributed by atoms with Crippen LogP contribution in [0.3, 0.4) is 0 Å². The van der Waals surface area contributed by atoms with Gasteiger partial charge in [-0.3, -0.25) is 11.3 Å². The minimum Gasteiger partial charge on any atom is -0.377 e. The molecule has 0 heterocycles. The van der Waals surface area contributed by atoms with Crippen molar-refractivity contribution in [2.45, 2.75) is 58.6 Å². The molecule has 0 rings (SSSR count). The first kappa shape index (κ1) is 17.8. The lowest BCUT2D eigenvalue weighted by molar-refractivity contribution is 0.0258. The lowest BCUT2D eigenvalue weighted by Crippen LogP contribution is -2.45. The van der Waals surface area contributed by atoms with Crippen molar-refractivity contribution >= 4 is 9.84 Å². The fourth-order valence-electron chi connectivity index (χ4n) is 1.94. The zero-order valence-electron chi connectivity index (χ0n) is 11.8. The van der Waals surface area contributed by atoms with Crippen LogP contribution in [0.5, 0.6) is 0 Å². The van der Waals surface area contributed by atoms with Gasteiger partial charge >= 0.3 is 0 Å². The Balaban J connectivity index is 4.22. The second-order valence-electron chi connectivity index (χ2n) is 4.43. The van der Waals surface area contributed by atoms with E-state index >= 15 is 0 Å². The molecule has 2 atom stereocenters. The maximum absolute atomic E-state index is 11.4. The molecule has 2 unspecified atom stereocenters. The predicted molar refractivity (Wildman–Crippen MR) is 75.0 cm³/mol. The molecule has 0 aliphatic rings. The van der Waals surface area contributed by atoms with Crippen LogP contribution in [0.4, 0.5) is 0 Å². The summed E-state index contributed by atoms with van der Waals surface area (Å²) in [7, 11) is -2.88. The molecule has 0 amide bonds. The summed E-state index contributed by atoms with van der Waals surface area (Å²) in [6, 6.07) is 0.0250. The lowest BCUT2D eigenvalue weighted by atomic mass is 10.0. The summed E-state index contributed by atoms with van der Waals surface area (Å²) < 4.78 is 28.5. The van der Waals surface area contributed by atoms with Gasteiger partial charge in [0.25, 0.3) is 0 Å². The van der Waals surface area contributed by atoms with Crippen LogP contribution >= 0.6 is 0 Å². The first-order chi connectivity index (χ1) is 8.50. The van der Waals surface area contributed by atoms with Crippen molar-refractivity contribution in [3.8, 4) is 0 Å². The van der Waals surface area contributed by atoms with Crippen LogP contribution in [0.25, 0.3) is 0 Å². The topological polar surface area (TPSA) is 81.4 Å². The fourth-order valence-corrected chi connectivity index (χ4v) is 2.84. The second kappa shape index (κ2) is 9.72. The summed E-state index contributed by atoms with van der Waals surface area (Å²) in [5.41, 5.74) is 2.76. The molecule has 0 aliphatic carbocycles. The third-order valence-electron chi connectivity index (χ3n) is 3.03. The Kier molecular flexibility index (Phi) is 9.63. The standard InChI is InChI=1S/C12H28N2O3S/c1-4-8-12(17-5-2)11(14-13)9-7-10-18(15,16)6-3/h11-12,14H,4-10,13H2,1-3H3. The van der Waals surface area contributed by atoms with E-state index in [1.54, 1.807) is 6.92 Å². The molecule has 0 aromatic carbocycles. The average Bonchev–Trinajstić information content (AvgIpc) is 2.34. The number of nitrogens with two attached hydrogens (primary N) is 1. The summed E-state index contributed by atoms with van der Waals surface area (Å²) in [6.07, 6.45) is 3.37. The molecule has 6 heteroatoms. The molecule has 0 fully saturated rings. The number of hydrogen-bond donors (Lipinski definition) is 2. The second-order valence-corrected chi connectivity index (χ2v) is 6.91. The van der Waals surface area contributed by atoms with E-state index in [0.717, 1.165) is 19.3 Å². The van der Waals surface area contributed by atoms with E-state index in [1.165, 1.54) is 0 Å². The molecule has 0 saturated carbocycles. The molecule has 0 saturated heterocycles. The van der Waals surface area contributed by atoms with E-state index in [4.69, 9.17) is 10.6 Å². The van der Waals surface area contributed by atoms with Gasteiger partial charge in [0.15, 0.2) is 0 Å². The maximum Gasteiger partial charge on any atom is 0.150 e. The van der Waals surface area contributed by atoms with Crippen LogP contribution in [0.15, 0.2) is 0 Å². The SMILES string of the molecule is CCCC(OCC)C(CCCS(=O)(=O)CC)NN. The van der Waals surface area contributed by atoms with Crippen molar-refractivity contribution in [2.24, 2.45) is 5.84 Å². The van der Waals surface area contributed by atoms with E-state index in [9.17, 15) is 8.42 Å². The Morgan fingerprint density at radius 3 is 2.33 bits per heavy atom. The number of rotatable bonds is 11. The van der Waals surface area contributed by atoms with E-state index in [1.807, 2.05) is 6.92 Å². The zero-order valence-corrected chi connectivity index (χ0v) is 12.6. The number of nitrogens with one attached hydrogen (secondary N) is 1. The third-order valence-corrected chi connectivity index (χ3v) is 4.82. The molecule has 0 spiro atoms. The molecule has 0 aromatic rings. The molecule has 0 radical (unpaired) electrons. The molecule has 0 bridgehead atoms. The molecule has 5 nitrogen and oxygen atoms in total. The lowest BCUT2D eigenvalue weighted by Gasteiger charge is -2.26. The first-order valence-electron chi connectivity index (χ1n) is 6.78.